The summed E-state index contributed by atoms with van der Waals surface area (Å²) in [5, 5.41) is 15.6. The van der Waals surface area contributed by atoms with Crippen LogP contribution in [0, 0.1) is 10.1 Å². The van der Waals surface area contributed by atoms with Crippen LogP contribution in [0.25, 0.3) is 22.2 Å². The predicted molar refractivity (Wildman–Crippen MR) is 151 cm³/mol. The molecule has 204 valence electrons. The molecule has 12 heteroatoms. The van der Waals surface area contributed by atoms with Crippen molar-refractivity contribution in [1.82, 2.24) is 24.3 Å². The zero-order chi connectivity index (χ0) is 27.5. The molecule has 2 aromatic carbocycles. The first-order valence-electron chi connectivity index (χ1n) is 12.6. The van der Waals surface area contributed by atoms with E-state index in [1.54, 1.807) is 0 Å². The molecule has 39 heavy (non-hydrogen) atoms. The number of hydrogen-bond acceptors (Lipinski definition) is 9. The predicted octanol–water partition coefficient (Wildman–Crippen LogP) is 4.58. The van der Waals surface area contributed by atoms with Gasteiger partial charge in [-0.2, -0.15) is 0 Å². The van der Waals surface area contributed by atoms with E-state index in [0.29, 0.717) is 28.8 Å². The summed E-state index contributed by atoms with van der Waals surface area (Å²) in [5.41, 5.74) is 2.64. The maximum atomic E-state index is 11.3. The average Bonchev–Trinajstić information content (AvgIpc) is 3.26. The molecule has 0 spiro atoms. The standard InChI is InChI=1S/C27H30ClN7O4/c1-32-8-10-34(11-9-32)12-13-39-19-5-6-20-21(17-33(2)24(20)15-19)26-22(28)16-29-27(31-26)30-23-14-18(35(36)37)4-7-25(23)38-3/h4-7,14-17H,8-13H2,1-3H3,(H,29,30,31). The Kier molecular flexibility index (Phi) is 7.82. The first-order valence-corrected chi connectivity index (χ1v) is 13.0. The number of halogens is 1. The number of fused-ring (bicyclic) bond motifs is 1. The largest absolute Gasteiger partial charge is 0.495 e. The number of ether oxygens (including phenoxy) is 2. The van der Waals surface area contributed by atoms with E-state index in [-0.39, 0.29) is 11.6 Å². The molecule has 0 unspecified atom stereocenters. The van der Waals surface area contributed by atoms with Crippen LogP contribution in [0.3, 0.4) is 0 Å². The van der Waals surface area contributed by atoms with E-state index >= 15 is 0 Å². The fourth-order valence-corrected chi connectivity index (χ4v) is 4.84. The van der Waals surface area contributed by atoms with E-state index in [2.05, 4.69) is 32.1 Å². The van der Waals surface area contributed by atoms with Crippen molar-refractivity contribution < 1.29 is 14.4 Å². The van der Waals surface area contributed by atoms with Crippen molar-refractivity contribution in [2.75, 3.05) is 58.8 Å². The second-order valence-corrected chi connectivity index (χ2v) is 9.89. The number of aryl methyl sites for hydroxylation is 1. The van der Waals surface area contributed by atoms with Crippen molar-refractivity contribution in [3.05, 3.63) is 63.9 Å². The summed E-state index contributed by atoms with van der Waals surface area (Å²) in [7, 11) is 5.60. The zero-order valence-corrected chi connectivity index (χ0v) is 22.8. The second-order valence-electron chi connectivity index (χ2n) is 9.48. The molecule has 0 saturated carbocycles. The number of nitro benzene ring substituents is 1. The van der Waals surface area contributed by atoms with Gasteiger partial charge < -0.3 is 24.3 Å². The molecular weight excluding hydrogens is 522 g/mol. The summed E-state index contributed by atoms with van der Waals surface area (Å²) in [6.07, 6.45) is 3.47. The van der Waals surface area contributed by atoms with E-state index in [9.17, 15) is 10.1 Å². The molecule has 0 aliphatic carbocycles. The van der Waals surface area contributed by atoms with Gasteiger partial charge in [-0.1, -0.05) is 11.6 Å². The highest BCUT2D eigenvalue weighted by molar-refractivity contribution is 6.33. The van der Waals surface area contributed by atoms with E-state index in [1.807, 2.05) is 36.0 Å². The molecule has 11 nitrogen and oxygen atoms in total. The van der Waals surface area contributed by atoms with E-state index in [4.69, 9.17) is 21.1 Å². The molecule has 4 aromatic rings. The van der Waals surface area contributed by atoms with Gasteiger partial charge in [0.2, 0.25) is 5.95 Å². The number of anilines is 2. The van der Waals surface area contributed by atoms with Gasteiger partial charge in [0, 0.05) is 75.1 Å². The molecule has 1 aliphatic rings. The number of nitrogens with zero attached hydrogens (tertiary/aromatic N) is 6. The van der Waals surface area contributed by atoms with Crippen LogP contribution in [0.5, 0.6) is 11.5 Å². The monoisotopic (exact) mass is 551 g/mol. The Morgan fingerprint density at radius 3 is 2.67 bits per heavy atom. The van der Waals surface area contributed by atoms with Crippen LogP contribution in [-0.2, 0) is 7.05 Å². The number of nitrogens with one attached hydrogen (secondary N) is 1. The lowest BCUT2D eigenvalue weighted by molar-refractivity contribution is -0.384. The normalized spacial score (nSPS) is 14.5. The Hall–Kier alpha value is -3.93. The molecule has 1 aliphatic heterocycles. The molecule has 0 amide bonds. The van der Waals surface area contributed by atoms with Crippen molar-refractivity contribution in [3.8, 4) is 22.8 Å². The van der Waals surface area contributed by atoms with Gasteiger partial charge in [-0.25, -0.2) is 9.97 Å². The number of aromatic nitrogens is 3. The first-order chi connectivity index (χ1) is 18.8. The maximum absolute atomic E-state index is 11.3. The van der Waals surface area contributed by atoms with Gasteiger partial charge in [0.05, 0.1) is 40.2 Å². The molecule has 1 fully saturated rings. The number of non-ortho nitro benzene ring substituents is 1. The third-order valence-electron chi connectivity index (χ3n) is 6.87. The minimum atomic E-state index is -0.473. The molecule has 2 aromatic heterocycles. The number of benzene rings is 2. The summed E-state index contributed by atoms with van der Waals surface area (Å²) in [6.45, 7) is 5.81. The van der Waals surface area contributed by atoms with Gasteiger partial charge in [-0.3, -0.25) is 15.0 Å². The van der Waals surface area contributed by atoms with Gasteiger partial charge in [0.15, 0.2) is 0 Å². The first kappa shape index (κ1) is 26.7. The molecule has 5 rings (SSSR count). The number of likely N-dealkylation sites (N-methyl/N-ethyl adjacent to an activating group) is 1. The Morgan fingerprint density at radius 2 is 1.92 bits per heavy atom. The van der Waals surface area contributed by atoms with Crippen LogP contribution in [0.15, 0.2) is 48.8 Å². The smallest absolute Gasteiger partial charge is 0.271 e. The second kappa shape index (κ2) is 11.4. The topological polar surface area (TPSA) is 111 Å². The fraction of sp³-hybridized carbons (Fsp3) is 0.333. The highest BCUT2D eigenvalue weighted by atomic mass is 35.5. The van der Waals surface area contributed by atoms with Crippen molar-refractivity contribution in [1.29, 1.82) is 0 Å². The number of hydrogen-bond donors (Lipinski definition) is 1. The van der Waals surface area contributed by atoms with Crippen LogP contribution in [0.4, 0.5) is 17.3 Å². The maximum Gasteiger partial charge on any atom is 0.271 e. The lowest BCUT2D eigenvalue weighted by Crippen LogP contribution is -2.45. The summed E-state index contributed by atoms with van der Waals surface area (Å²) < 4.78 is 13.4. The molecular formula is C27H30ClN7O4. The van der Waals surface area contributed by atoms with Crippen molar-refractivity contribution >= 4 is 39.8 Å². The van der Waals surface area contributed by atoms with Gasteiger partial charge in [-0.15, -0.1) is 0 Å². The molecule has 1 saturated heterocycles. The Morgan fingerprint density at radius 1 is 1.13 bits per heavy atom. The molecule has 3 heterocycles. The number of piperazine rings is 1. The summed E-state index contributed by atoms with van der Waals surface area (Å²) >= 11 is 6.54. The quantitative estimate of drug-likeness (QED) is 0.236. The van der Waals surface area contributed by atoms with Crippen molar-refractivity contribution in [2.45, 2.75) is 0 Å². The van der Waals surface area contributed by atoms with Crippen LogP contribution < -0.4 is 14.8 Å². The third-order valence-corrected chi connectivity index (χ3v) is 7.15. The van der Waals surface area contributed by atoms with E-state index in [0.717, 1.165) is 54.9 Å². The highest BCUT2D eigenvalue weighted by Crippen LogP contribution is 2.36. The van der Waals surface area contributed by atoms with Crippen LogP contribution in [-0.4, -0.2) is 82.7 Å². The zero-order valence-electron chi connectivity index (χ0n) is 22.1. The summed E-state index contributed by atoms with van der Waals surface area (Å²) in [5.74, 6) is 1.46. The van der Waals surface area contributed by atoms with Crippen LogP contribution in [0.1, 0.15) is 0 Å². The lowest BCUT2D eigenvalue weighted by atomic mass is 10.1. The average molecular weight is 552 g/mol. The SMILES string of the molecule is COc1ccc([N+](=O)[O-])cc1Nc1ncc(Cl)c(-c2cn(C)c3cc(OCCN4CCN(C)CC4)ccc23)n1. The van der Waals surface area contributed by atoms with Gasteiger partial charge in [0.1, 0.15) is 18.1 Å². The fourth-order valence-electron chi connectivity index (χ4n) is 4.65. The highest BCUT2D eigenvalue weighted by Gasteiger charge is 2.18. The third kappa shape index (κ3) is 5.90. The molecule has 0 atom stereocenters. The molecule has 1 N–H and O–H groups in total. The molecule has 0 bridgehead atoms. The lowest BCUT2D eigenvalue weighted by Gasteiger charge is -2.32. The number of nitro groups is 1. The van der Waals surface area contributed by atoms with E-state index < -0.39 is 4.92 Å². The van der Waals surface area contributed by atoms with Gasteiger partial charge in [0.25, 0.3) is 5.69 Å². The Labute approximate surface area is 231 Å². The number of rotatable bonds is 9. The summed E-state index contributed by atoms with van der Waals surface area (Å²) in [4.78, 5) is 24.5. The van der Waals surface area contributed by atoms with E-state index in [1.165, 1.54) is 31.5 Å². The van der Waals surface area contributed by atoms with Crippen molar-refractivity contribution in [2.24, 2.45) is 7.05 Å². The van der Waals surface area contributed by atoms with Crippen LogP contribution >= 0.6 is 11.6 Å². The van der Waals surface area contributed by atoms with Crippen molar-refractivity contribution in [3.63, 3.8) is 0 Å². The van der Waals surface area contributed by atoms with Gasteiger partial charge >= 0.3 is 0 Å². The Balaban J connectivity index is 1.37. The molecule has 0 radical (unpaired) electrons. The Bertz CT molecular complexity index is 1500. The minimum absolute atomic E-state index is 0.0805. The number of methoxy groups -OCH3 is 1. The minimum Gasteiger partial charge on any atom is -0.495 e. The van der Waals surface area contributed by atoms with Crippen LogP contribution in [0.2, 0.25) is 5.02 Å². The van der Waals surface area contributed by atoms with Gasteiger partial charge in [-0.05, 0) is 25.2 Å². The summed E-state index contributed by atoms with van der Waals surface area (Å²) in [6, 6.07) is 10.2.